The highest BCUT2D eigenvalue weighted by Gasteiger charge is 1.84. The van der Waals surface area contributed by atoms with E-state index in [9.17, 15) is 0 Å². The molecule has 0 saturated heterocycles. The molecule has 0 atom stereocenters. The van der Waals surface area contributed by atoms with Crippen molar-refractivity contribution in [1.82, 2.24) is 0 Å². The van der Waals surface area contributed by atoms with E-state index in [0.717, 1.165) is 13.2 Å². The van der Waals surface area contributed by atoms with Gasteiger partial charge in [-0.05, 0) is 33.1 Å². The smallest absolute Gasteiger partial charge is 0.0466 e. The molecule has 1 nitrogen and oxygen atoms in total. The molecule has 0 N–H and O–H groups in total. The Bertz CT molecular complexity index is 76.8. The van der Waals surface area contributed by atoms with Crippen LogP contribution in [0.5, 0.6) is 0 Å². The molecule has 0 rings (SSSR count). The lowest BCUT2D eigenvalue weighted by molar-refractivity contribution is 0.143. The number of hydrogen-bond donors (Lipinski definition) is 0. The van der Waals surface area contributed by atoms with Crippen molar-refractivity contribution in [2.45, 2.75) is 33.1 Å². The van der Waals surface area contributed by atoms with Gasteiger partial charge >= 0.3 is 0 Å². The molecule has 0 unspecified atom stereocenters. The fraction of sp³-hybridized carbons (Fsp3) is 0.778. The second-order valence-corrected chi connectivity index (χ2v) is 2.26. The molecule has 0 amide bonds. The monoisotopic (exact) mass is 142 g/mol. The molecular weight excluding hydrogens is 124 g/mol. The second kappa shape index (κ2) is 8.70. The van der Waals surface area contributed by atoms with Crippen LogP contribution in [-0.2, 0) is 4.74 Å². The number of rotatable bonds is 6. The minimum absolute atomic E-state index is 0.851. The van der Waals surface area contributed by atoms with Crippen LogP contribution in [0.3, 0.4) is 0 Å². The highest BCUT2D eigenvalue weighted by Crippen LogP contribution is 1.96. The third-order valence-electron chi connectivity index (χ3n) is 1.35. The van der Waals surface area contributed by atoms with Gasteiger partial charge in [0.25, 0.3) is 0 Å². The van der Waals surface area contributed by atoms with E-state index in [-0.39, 0.29) is 0 Å². The molecule has 0 aliphatic rings. The van der Waals surface area contributed by atoms with Crippen molar-refractivity contribution >= 4 is 0 Å². The zero-order valence-electron chi connectivity index (χ0n) is 7.10. The summed E-state index contributed by atoms with van der Waals surface area (Å²) in [7, 11) is 0. The van der Waals surface area contributed by atoms with Gasteiger partial charge < -0.3 is 4.74 Å². The average molecular weight is 142 g/mol. The summed E-state index contributed by atoms with van der Waals surface area (Å²) in [5.74, 6) is 0. The Morgan fingerprint density at radius 3 is 2.70 bits per heavy atom. The molecular formula is C9H18O. The van der Waals surface area contributed by atoms with Gasteiger partial charge in [-0.3, -0.25) is 0 Å². The van der Waals surface area contributed by atoms with Crippen molar-refractivity contribution in [2.75, 3.05) is 13.2 Å². The van der Waals surface area contributed by atoms with Crippen molar-refractivity contribution in [3.8, 4) is 0 Å². The third-order valence-corrected chi connectivity index (χ3v) is 1.35. The lowest BCUT2D eigenvalue weighted by atomic mass is 10.2. The quantitative estimate of drug-likeness (QED) is 0.409. The predicted molar refractivity (Wildman–Crippen MR) is 45.2 cm³/mol. The number of hydrogen-bond acceptors (Lipinski definition) is 1. The van der Waals surface area contributed by atoms with Gasteiger partial charge in [-0.15, -0.1) is 0 Å². The van der Waals surface area contributed by atoms with E-state index in [1.165, 1.54) is 19.3 Å². The first-order valence-corrected chi connectivity index (χ1v) is 4.10. The first-order valence-electron chi connectivity index (χ1n) is 4.10. The number of allylic oxidation sites excluding steroid dienone is 2. The average Bonchev–Trinajstić information content (AvgIpc) is 1.97. The molecule has 1 heteroatoms. The number of ether oxygens (including phenoxy) is 1. The van der Waals surface area contributed by atoms with Gasteiger partial charge in [0, 0.05) is 13.2 Å². The zero-order chi connectivity index (χ0) is 7.66. The van der Waals surface area contributed by atoms with Gasteiger partial charge in [0.05, 0.1) is 0 Å². The third kappa shape index (κ3) is 7.70. The maximum Gasteiger partial charge on any atom is 0.0466 e. The highest BCUT2D eigenvalue weighted by atomic mass is 16.5. The lowest BCUT2D eigenvalue weighted by Crippen LogP contribution is -1.92. The molecule has 0 radical (unpaired) electrons. The van der Waals surface area contributed by atoms with Gasteiger partial charge in [-0.25, -0.2) is 0 Å². The molecule has 0 aliphatic carbocycles. The Morgan fingerprint density at radius 1 is 1.30 bits per heavy atom. The van der Waals surface area contributed by atoms with Crippen LogP contribution in [0.4, 0.5) is 0 Å². The molecule has 0 heterocycles. The van der Waals surface area contributed by atoms with Crippen LogP contribution >= 0.6 is 0 Å². The van der Waals surface area contributed by atoms with E-state index in [1.807, 2.05) is 6.92 Å². The maximum atomic E-state index is 5.19. The Morgan fingerprint density at radius 2 is 2.10 bits per heavy atom. The van der Waals surface area contributed by atoms with Crippen molar-refractivity contribution in [1.29, 1.82) is 0 Å². The molecule has 0 aromatic carbocycles. The summed E-state index contributed by atoms with van der Waals surface area (Å²) in [5, 5.41) is 0. The lowest BCUT2D eigenvalue weighted by Gasteiger charge is -1.97. The van der Waals surface area contributed by atoms with Crippen molar-refractivity contribution in [2.24, 2.45) is 0 Å². The highest BCUT2D eigenvalue weighted by molar-refractivity contribution is 4.75. The van der Waals surface area contributed by atoms with Gasteiger partial charge in [-0.2, -0.15) is 0 Å². The Balaban J connectivity index is 2.77. The van der Waals surface area contributed by atoms with Crippen molar-refractivity contribution in [3.63, 3.8) is 0 Å². The van der Waals surface area contributed by atoms with Crippen LogP contribution in [-0.4, -0.2) is 13.2 Å². The minimum Gasteiger partial charge on any atom is -0.382 e. The summed E-state index contributed by atoms with van der Waals surface area (Å²) in [5.41, 5.74) is 0. The van der Waals surface area contributed by atoms with E-state index in [2.05, 4.69) is 19.1 Å². The van der Waals surface area contributed by atoms with Gasteiger partial charge in [0.1, 0.15) is 0 Å². The van der Waals surface area contributed by atoms with Crippen LogP contribution in [0.25, 0.3) is 0 Å². The molecule has 0 saturated carbocycles. The molecule has 0 fully saturated rings. The van der Waals surface area contributed by atoms with E-state index in [0.29, 0.717) is 0 Å². The maximum absolute atomic E-state index is 5.19. The SMILES string of the molecule is C/C=C/CCCCOCC. The summed E-state index contributed by atoms with van der Waals surface area (Å²) in [4.78, 5) is 0. The van der Waals surface area contributed by atoms with E-state index in [4.69, 9.17) is 4.74 Å². The standard InChI is InChI=1S/C9H18O/c1-3-5-6-7-8-9-10-4-2/h3,5H,4,6-9H2,1-2H3/b5-3+. The van der Waals surface area contributed by atoms with Crippen LogP contribution in [0, 0.1) is 0 Å². The predicted octanol–water partition coefficient (Wildman–Crippen LogP) is 2.77. The largest absolute Gasteiger partial charge is 0.382 e. The Hall–Kier alpha value is -0.300. The summed E-state index contributed by atoms with van der Waals surface area (Å²) < 4.78 is 5.19. The van der Waals surface area contributed by atoms with E-state index in [1.54, 1.807) is 0 Å². The summed E-state index contributed by atoms with van der Waals surface area (Å²) >= 11 is 0. The molecule has 0 aliphatic heterocycles. The molecule has 0 aromatic heterocycles. The second-order valence-electron chi connectivity index (χ2n) is 2.26. The minimum atomic E-state index is 0.851. The molecule has 0 spiro atoms. The van der Waals surface area contributed by atoms with Crippen LogP contribution < -0.4 is 0 Å². The first kappa shape index (κ1) is 9.70. The Kier molecular flexibility index (Phi) is 8.44. The zero-order valence-corrected chi connectivity index (χ0v) is 7.10. The summed E-state index contributed by atoms with van der Waals surface area (Å²) in [6.45, 7) is 5.87. The topological polar surface area (TPSA) is 9.23 Å². The molecule has 0 bridgehead atoms. The summed E-state index contributed by atoms with van der Waals surface area (Å²) in [6, 6.07) is 0. The van der Waals surface area contributed by atoms with Gasteiger partial charge in [0.2, 0.25) is 0 Å². The van der Waals surface area contributed by atoms with E-state index >= 15 is 0 Å². The van der Waals surface area contributed by atoms with Crippen molar-refractivity contribution in [3.05, 3.63) is 12.2 Å². The number of unbranched alkanes of at least 4 members (excludes halogenated alkanes) is 2. The van der Waals surface area contributed by atoms with Gasteiger partial charge in [-0.1, -0.05) is 12.2 Å². The Labute approximate surface area is 64.1 Å². The normalized spacial score (nSPS) is 11.0. The van der Waals surface area contributed by atoms with Crippen LogP contribution in [0.2, 0.25) is 0 Å². The fourth-order valence-corrected chi connectivity index (χ4v) is 0.777. The van der Waals surface area contributed by atoms with Crippen LogP contribution in [0.1, 0.15) is 33.1 Å². The molecule has 0 aromatic rings. The summed E-state index contributed by atoms with van der Waals surface area (Å²) in [6.07, 6.45) is 7.94. The molecule has 10 heavy (non-hydrogen) atoms. The van der Waals surface area contributed by atoms with E-state index < -0.39 is 0 Å². The first-order chi connectivity index (χ1) is 4.91. The fourth-order valence-electron chi connectivity index (χ4n) is 0.777. The molecule has 60 valence electrons. The van der Waals surface area contributed by atoms with Crippen LogP contribution in [0.15, 0.2) is 12.2 Å². The van der Waals surface area contributed by atoms with Gasteiger partial charge in [0.15, 0.2) is 0 Å². The van der Waals surface area contributed by atoms with Crippen molar-refractivity contribution < 1.29 is 4.74 Å².